The van der Waals surface area contributed by atoms with E-state index in [0.29, 0.717) is 23.5 Å². The molecule has 0 spiro atoms. The summed E-state index contributed by atoms with van der Waals surface area (Å²) in [5.41, 5.74) is 3.64. The smallest absolute Gasteiger partial charge is 0.339 e. The van der Waals surface area contributed by atoms with Crippen molar-refractivity contribution in [1.82, 2.24) is 15.3 Å². The molecule has 6 heteroatoms. The molecular formula is C23H19N3O3. The average molecular weight is 385 g/mol. The van der Waals surface area contributed by atoms with Crippen LogP contribution in [0.2, 0.25) is 0 Å². The van der Waals surface area contributed by atoms with Crippen LogP contribution in [0.15, 0.2) is 78.9 Å². The molecule has 0 saturated carbocycles. The molecule has 0 fully saturated rings. The van der Waals surface area contributed by atoms with Crippen LogP contribution in [-0.2, 0) is 16.1 Å². The predicted octanol–water partition coefficient (Wildman–Crippen LogP) is 3.70. The van der Waals surface area contributed by atoms with Crippen LogP contribution in [0.4, 0.5) is 0 Å². The SMILES string of the molecule is O=C(COC(=O)c1ccccc1-c1nc2ccccc2[nH]1)NCc1ccccc1. The number of aromatic amines is 1. The minimum Gasteiger partial charge on any atom is -0.452 e. The third kappa shape index (κ3) is 4.32. The standard InChI is InChI=1S/C23H19N3O3/c27-21(24-14-16-8-2-1-3-9-16)15-29-23(28)18-11-5-4-10-17(18)22-25-19-12-6-7-13-20(19)26-22/h1-13H,14-15H2,(H,24,27)(H,25,26). The first kappa shape index (κ1) is 18.4. The Kier molecular flexibility index (Phi) is 5.33. The Morgan fingerprint density at radius 2 is 1.62 bits per heavy atom. The van der Waals surface area contributed by atoms with Crippen LogP contribution >= 0.6 is 0 Å². The molecule has 1 heterocycles. The summed E-state index contributed by atoms with van der Waals surface area (Å²) in [5, 5.41) is 2.74. The van der Waals surface area contributed by atoms with Crippen molar-refractivity contribution in [2.75, 3.05) is 6.61 Å². The van der Waals surface area contributed by atoms with Crippen LogP contribution in [-0.4, -0.2) is 28.5 Å². The largest absolute Gasteiger partial charge is 0.452 e. The number of H-pyrrole nitrogens is 1. The lowest BCUT2D eigenvalue weighted by molar-refractivity contribution is -0.124. The number of para-hydroxylation sites is 2. The molecule has 0 atom stereocenters. The molecule has 144 valence electrons. The van der Waals surface area contributed by atoms with E-state index >= 15 is 0 Å². The monoisotopic (exact) mass is 385 g/mol. The lowest BCUT2D eigenvalue weighted by Gasteiger charge is -2.09. The van der Waals surface area contributed by atoms with Gasteiger partial charge in [-0.1, -0.05) is 60.7 Å². The fourth-order valence-electron chi connectivity index (χ4n) is 3.00. The second-order valence-corrected chi connectivity index (χ2v) is 6.49. The van der Waals surface area contributed by atoms with Gasteiger partial charge in [-0.2, -0.15) is 0 Å². The number of imidazole rings is 1. The van der Waals surface area contributed by atoms with Gasteiger partial charge in [0.2, 0.25) is 0 Å². The third-order valence-electron chi connectivity index (χ3n) is 4.46. The number of esters is 1. The van der Waals surface area contributed by atoms with E-state index in [0.717, 1.165) is 16.6 Å². The predicted molar refractivity (Wildman–Crippen MR) is 110 cm³/mol. The van der Waals surface area contributed by atoms with Gasteiger partial charge in [0, 0.05) is 12.1 Å². The highest BCUT2D eigenvalue weighted by Crippen LogP contribution is 2.24. The van der Waals surface area contributed by atoms with Crippen LogP contribution in [0.5, 0.6) is 0 Å². The van der Waals surface area contributed by atoms with Gasteiger partial charge in [0.25, 0.3) is 5.91 Å². The highest BCUT2D eigenvalue weighted by atomic mass is 16.5. The molecule has 2 N–H and O–H groups in total. The maximum Gasteiger partial charge on any atom is 0.339 e. The Labute approximate surface area is 167 Å². The summed E-state index contributed by atoms with van der Waals surface area (Å²) < 4.78 is 5.22. The number of nitrogens with zero attached hydrogens (tertiary/aromatic N) is 1. The number of ether oxygens (including phenoxy) is 1. The van der Waals surface area contributed by atoms with E-state index in [9.17, 15) is 9.59 Å². The number of rotatable bonds is 6. The number of hydrogen-bond acceptors (Lipinski definition) is 4. The summed E-state index contributed by atoms with van der Waals surface area (Å²) in [7, 11) is 0. The van der Waals surface area contributed by atoms with Crippen LogP contribution in [0.3, 0.4) is 0 Å². The summed E-state index contributed by atoms with van der Waals surface area (Å²) in [5.74, 6) is -0.355. The van der Waals surface area contributed by atoms with Gasteiger partial charge in [-0.05, 0) is 23.8 Å². The normalized spacial score (nSPS) is 10.6. The van der Waals surface area contributed by atoms with Crippen molar-refractivity contribution in [3.05, 3.63) is 90.0 Å². The topological polar surface area (TPSA) is 84.1 Å². The zero-order valence-corrected chi connectivity index (χ0v) is 15.6. The highest BCUT2D eigenvalue weighted by molar-refractivity contribution is 5.98. The molecule has 0 saturated heterocycles. The molecule has 0 aliphatic rings. The summed E-state index contributed by atoms with van der Waals surface area (Å²) in [6, 6.07) is 24.2. The zero-order chi connectivity index (χ0) is 20.1. The van der Waals surface area contributed by atoms with Crippen molar-refractivity contribution < 1.29 is 14.3 Å². The Balaban J connectivity index is 1.43. The maximum absolute atomic E-state index is 12.6. The Bertz CT molecular complexity index is 1120. The van der Waals surface area contributed by atoms with Gasteiger partial charge >= 0.3 is 5.97 Å². The summed E-state index contributed by atoms with van der Waals surface area (Å²) >= 11 is 0. The van der Waals surface area contributed by atoms with Crippen molar-refractivity contribution in [3.63, 3.8) is 0 Å². The molecule has 4 rings (SSSR count). The number of aromatic nitrogens is 2. The molecule has 1 aromatic heterocycles. The molecule has 29 heavy (non-hydrogen) atoms. The van der Waals surface area contributed by atoms with Crippen molar-refractivity contribution in [1.29, 1.82) is 0 Å². The van der Waals surface area contributed by atoms with E-state index in [4.69, 9.17) is 4.74 Å². The number of fused-ring (bicyclic) bond motifs is 1. The molecule has 3 aromatic carbocycles. The highest BCUT2D eigenvalue weighted by Gasteiger charge is 2.17. The van der Waals surface area contributed by atoms with E-state index in [1.807, 2.05) is 60.7 Å². The van der Waals surface area contributed by atoms with Gasteiger partial charge in [0.05, 0.1) is 16.6 Å². The summed E-state index contributed by atoms with van der Waals surface area (Å²) in [4.78, 5) is 32.4. The van der Waals surface area contributed by atoms with E-state index < -0.39 is 5.97 Å². The van der Waals surface area contributed by atoms with Gasteiger partial charge in [0.15, 0.2) is 6.61 Å². The first-order valence-electron chi connectivity index (χ1n) is 9.22. The Morgan fingerprint density at radius 1 is 0.897 bits per heavy atom. The summed E-state index contributed by atoms with van der Waals surface area (Å²) in [6.45, 7) is 0.0346. The van der Waals surface area contributed by atoms with E-state index in [-0.39, 0.29) is 12.5 Å². The van der Waals surface area contributed by atoms with Crippen molar-refractivity contribution in [2.24, 2.45) is 0 Å². The first-order valence-corrected chi connectivity index (χ1v) is 9.22. The number of nitrogens with one attached hydrogen (secondary N) is 2. The second kappa shape index (κ2) is 8.39. The molecule has 0 aliphatic heterocycles. The molecule has 4 aromatic rings. The van der Waals surface area contributed by atoms with Gasteiger partial charge in [-0.25, -0.2) is 9.78 Å². The average Bonchev–Trinajstić information content (AvgIpc) is 3.21. The minimum absolute atomic E-state index is 0.347. The van der Waals surface area contributed by atoms with E-state index in [1.165, 1.54) is 0 Å². The lowest BCUT2D eigenvalue weighted by atomic mass is 10.1. The third-order valence-corrected chi connectivity index (χ3v) is 4.46. The number of carbonyl (C=O) groups is 2. The fourth-order valence-corrected chi connectivity index (χ4v) is 3.00. The molecular weight excluding hydrogens is 366 g/mol. The van der Waals surface area contributed by atoms with E-state index in [2.05, 4.69) is 15.3 Å². The molecule has 0 radical (unpaired) electrons. The molecule has 6 nitrogen and oxygen atoms in total. The van der Waals surface area contributed by atoms with Crippen molar-refractivity contribution in [3.8, 4) is 11.4 Å². The number of hydrogen-bond donors (Lipinski definition) is 2. The quantitative estimate of drug-likeness (QED) is 0.496. The van der Waals surface area contributed by atoms with Gasteiger partial charge in [-0.3, -0.25) is 4.79 Å². The van der Waals surface area contributed by atoms with Crippen molar-refractivity contribution >= 4 is 22.9 Å². The van der Waals surface area contributed by atoms with Crippen LogP contribution in [0, 0.1) is 0 Å². The minimum atomic E-state index is -0.573. The number of benzene rings is 3. The van der Waals surface area contributed by atoms with Gasteiger partial charge < -0.3 is 15.0 Å². The maximum atomic E-state index is 12.6. The van der Waals surface area contributed by atoms with E-state index in [1.54, 1.807) is 18.2 Å². The van der Waals surface area contributed by atoms with Crippen LogP contribution in [0.25, 0.3) is 22.4 Å². The molecule has 0 unspecified atom stereocenters. The first-order chi connectivity index (χ1) is 14.2. The molecule has 0 aliphatic carbocycles. The Morgan fingerprint density at radius 3 is 2.45 bits per heavy atom. The van der Waals surface area contributed by atoms with Crippen LogP contribution in [0.1, 0.15) is 15.9 Å². The lowest BCUT2D eigenvalue weighted by Crippen LogP contribution is -2.28. The fraction of sp³-hybridized carbons (Fsp3) is 0.0870. The summed E-state index contributed by atoms with van der Waals surface area (Å²) in [6.07, 6.45) is 0. The zero-order valence-electron chi connectivity index (χ0n) is 15.6. The number of carbonyl (C=O) groups excluding carboxylic acids is 2. The van der Waals surface area contributed by atoms with Gasteiger partial charge in [-0.15, -0.1) is 0 Å². The second-order valence-electron chi connectivity index (χ2n) is 6.49. The molecule has 0 bridgehead atoms. The molecule has 1 amide bonds. The van der Waals surface area contributed by atoms with Crippen LogP contribution < -0.4 is 5.32 Å². The van der Waals surface area contributed by atoms with Crippen molar-refractivity contribution in [2.45, 2.75) is 6.54 Å². The Hall–Kier alpha value is -3.93. The van der Waals surface area contributed by atoms with Gasteiger partial charge in [0.1, 0.15) is 5.82 Å². The number of amides is 1.